The number of likely N-dealkylation sites (tertiary alicyclic amines) is 1. The first-order chi connectivity index (χ1) is 15.6. The molecule has 2 aromatic rings. The van der Waals surface area contributed by atoms with Gasteiger partial charge in [-0.25, -0.2) is 0 Å². The zero-order chi connectivity index (χ0) is 22.8. The molecule has 0 bridgehead atoms. The number of aliphatic imine (C=N–C) groups is 1. The van der Waals surface area contributed by atoms with Gasteiger partial charge in [-0.1, -0.05) is 18.2 Å². The number of guanidine groups is 1. The summed E-state index contributed by atoms with van der Waals surface area (Å²) in [6, 6.07) is 15.4. The second-order valence-electron chi connectivity index (χ2n) is 7.96. The number of rotatable bonds is 8. The molecule has 8 heteroatoms. The molecule has 1 unspecified atom stereocenters. The summed E-state index contributed by atoms with van der Waals surface area (Å²) in [5, 5.41) is 6.59. The number of hydrogen-bond donors (Lipinski definition) is 2. The molecule has 2 N–H and O–H groups in total. The van der Waals surface area contributed by atoms with Gasteiger partial charge < -0.3 is 25.0 Å². The van der Waals surface area contributed by atoms with Crippen molar-refractivity contribution in [2.75, 3.05) is 33.8 Å². The topological polar surface area (TPSA) is 75.2 Å². The Bertz CT molecular complexity index is 899. The maximum atomic E-state index is 12.6. The number of halogens is 1. The Morgan fingerprint density at radius 3 is 2.42 bits per heavy atom. The van der Waals surface area contributed by atoms with Gasteiger partial charge in [-0.2, -0.15) is 0 Å². The first-order valence-corrected chi connectivity index (χ1v) is 11.2. The number of nitrogens with one attached hydrogen (secondary N) is 2. The molecule has 180 valence electrons. The zero-order valence-corrected chi connectivity index (χ0v) is 22.0. The summed E-state index contributed by atoms with van der Waals surface area (Å²) in [5.74, 6) is 2.36. The van der Waals surface area contributed by atoms with Crippen LogP contribution < -0.4 is 20.1 Å². The van der Waals surface area contributed by atoms with Crippen LogP contribution in [-0.2, 0) is 6.54 Å². The van der Waals surface area contributed by atoms with Crippen molar-refractivity contribution in [3.05, 3.63) is 59.7 Å². The van der Waals surface area contributed by atoms with Crippen molar-refractivity contribution in [3.8, 4) is 11.5 Å². The Labute approximate surface area is 214 Å². The van der Waals surface area contributed by atoms with E-state index in [0.717, 1.165) is 48.6 Å². The number of carbonyl (C=O) groups is 1. The number of nitrogens with zero attached hydrogens (tertiary/aromatic N) is 2. The second-order valence-corrected chi connectivity index (χ2v) is 7.96. The van der Waals surface area contributed by atoms with E-state index in [-0.39, 0.29) is 36.0 Å². The van der Waals surface area contributed by atoms with Crippen molar-refractivity contribution >= 4 is 35.8 Å². The number of methoxy groups -OCH3 is 1. The third-order valence-electron chi connectivity index (χ3n) is 5.46. The highest BCUT2D eigenvalue weighted by molar-refractivity contribution is 14.0. The maximum absolute atomic E-state index is 12.6. The number of benzene rings is 2. The van der Waals surface area contributed by atoms with Crippen molar-refractivity contribution in [1.29, 1.82) is 0 Å². The molecular formula is C25H35IN4O3. The second kappa shape index (κ2) is 13.9. The minimum Gasteiger partial charge on any atom is -0.497 e. The molecule has 0 radical (unpaired) electrons. The minimum absolute atomic E-state index is 0. The Kier molecular flexibility index (Phi) is 11.3. The molecule has 0 spiro atoms. The average molecular weight is 566 g/mol. The zero-order valence-electron chi connectivity index (χ0n) is 19.7. The normalized spacial score (nSPS) is 14.6. The van der Waals surface area contributed by atoms with E-state index >= 15 is 0 Å². The summed E-state index contributed by atoms with van der Waals surface area (Å²) in [4.78, 5) is 18.8. The molecule has 7 nitrogen and oxygen atoms in total. The average Bonchev–Trinajstić information content (AvgIpc) is 2.84. The molecule has 2 aromatic carbocycles. The van der Waals surface area contributed by atoms with Gasteiger partial charge in [0.1, 0.15) is 17.6 Å². The molecule has 0 aliphatic carbocycles. The van der Waals surface area contributed by atoms with Gasteiger partial charge in [-0.05, 0) is 56.0 Å². The molecule has 0 aromatic heterocycles. The summed E-state index contributed by atoms with van der Waals surface area (Å²) in [6.07, 6.45) is 3.36. The lowest BCUT2D eigenvalue weighted by Gasteiger charge is -2.26. The summed E-state index contributed by atoms with van der Waals surface area (Å²) in [7, 11) is 3.38. The smallest absolute Gasteiger partial charge is 0.253 e. The Balaban J connectivity index is 0.00000385. The van der Waals surface area contributed by atoms with Crippen LogP contribution in [0.15, 0.2) is 53.5 Å². The highest BCUT2D eigenvalue weighted by Gasteiger charge is 2.17. The van der Waals surface area contributed by atoms with Gasteiger partial charge in [-0.3, -0.25) is 9.79 Å². The van der Waals surface area contributed by atoms with Gasteiger partial charge in [0.05, 0.1) is 13.7 Å². The number of piperidine rings is 1. The molecule has 33 heavy (non-hydrogen) atoms. The fourth-order valence-corrected chi connectivity index (χ4v) is 3.64. The van der Waals surface area contributed by atoms with Gasteiger partial charge in [0.25, 0.3) is 5.91 Å². The van der Waals surface area contributed by atoms with Crippen LogP contribution in [0.1, 0.15) is 42.1 Å². The van der Waals surface area contributed by atoms with Crippen LogP contribution in [0.2, 0.25) is 0 Å². The SMILES string of the molecule is CN=C(NCc1ccc(C(=O)N2CCCCC2)cc1)NCC(C)Oc1cccc(OC)c1.I. The minimum atomic E-state index is -0.0549. The maximum Gasteiger partial charge on any atom is 0.253 e. The van der Waals surface area contributed by atoms with Gasteiger partial charge in [-0.15, -0.1) is 24.0 Å². The lowest BCUT2D eigenvalue weighted by Crippen LogP contribution is -2.41. The Morgan fingerprint density at radius 2 is 1.76 bits per heavy atom. The van der Waals surface area contributed by atoms with Crippen LogP contribution >= 0.6 is 24.0 Å². The first kappa shape index (κ1) is 26.8. The van der Waals surface area contributed by atoms with E-state index in [1.54, 1.807) is 14.2 Å². The van der Waals surface area contributed by atoms with Crippen LogP contribution in [0, 0.1) is 0 Å². The third kappa shape index (κ3) is 8.42. The molecule has 1 atom stereocenters. The van der Waals surface area contributed by atoms with Crippen LogP contribution in [0.5, 0.6) is 11.5 Å². The van der Waals surface area contributed by atoms with Gasteiger partial charge >= 0.3 is 0 Å². The molecule has 1 fully saturated rings. The van der Waals surface area contributed by atoms with Gasteiger partial charge in [0.2, 0.25) is 0 Å². The van der Waals surface area contributed by atoms with Crippen molar-refractivity contribution < 1.29 is 14.3 Å². The fourth-order valence-electron chi connectivity index (χ4n) is 3.64. The molecule has 1 heterocycles. The number of carbonyl (C=O) groups excluding carboxylic acids is 1. The molecule has 1 aliphatic heterocycles. The van der Waals surface area contributed by atoms with Crippen LogP contribution in [0.4, 0.5) is 0 Å². The monoisotopic (exact) mass is 566 g/mol. The third-order valence-corrected chi connectivity index (χ3v) is 5.46. The van der Waals surface area contributed by atoms with Gasteiger partial charge in [0, 0.05) is 38.3 Å². The number of ether oxygens (including phenoxy) is 2. The Hall–Kier alpha value is -2.49. The van der Waals surface area contributed by atoms with Crippen molar-refractivity contribution in [2.24, 2.45) is 4.99 Å². The van der Waals surface area contributed by atoms with E-state index in [9.17, 15) is 4.79 Å². The van der Waals surface area contributed by atoms with E-state index in [2.05, 4.69) is 15.6 Å². The fraction of sp³-hybridized carbons (Fsp3) is 0.440. The van der Waals surface area contributed by atoms with E-state index in [1.807, 2.05) is 60.4 Å². The Morgan fingerprint density at radius 1 is 1.06 bits per heavy atom. The summed E-state index contributed by atoms with van der Waals surface area (Å²) < 4.78 is 11.2. The largest absolute Gasteiger partial charge is 0.497 e. The molecule has 1 amide bonds. The molecule has 0 saturated carbocycles. The van der Waals surface area contributed by atoms with E-state index in [4.69, 9.17) is 9.47 Å². The van der Waals surface area contributed by atoms with E-state index in [0.29, 0.717) is 19.0 Å². The molecular weight excluding hydrogens is 531 g/mol. The summed E-state index contributed by atoms with van der Waals surface area (Å²) in [6.45, 7) is 4.94. The predicted molar refractivity (Wildman–Crippen MR) is 143 cm³/mol. The molecule has 1 saturated heterocycles. The van der Waals surface area contributed by atoms with E-state index < -0.39 is 0 Å². The van der Waals surface area contributed by atoms with E-state index in [1.165, 1.54) is 6.42 Å². The summed E-state index contributed by atoms with van der Waals surface area (Å²) in [5.41, 5.74) is 1.84. The van der Waals surface area contributed by atoms with Crippen LogP contribution in [0.25, 0.3) is 0 Å². The molecule has 1 aliphatic rings. The highest BCUT2D eigenvalue weighted by Crippen LogP contribution is 2.19. The predicted octanol–water partition coefficient (Wildman–Crippen LogP) is 4.07. The van der Waals surface area contributed by atoms with Crippen LogP contribution in [0.3, 0.4) is 0 Å². The highest BCUT2D eigenvalue weighted by atomic mass is 127. The number of hydrogen-bond acceptors (Lipinski definition) is 4. The number of amides is 1. The quantitative estimate of drug-likeness (QED) is 0.287. The first-order valence-electron chi connectivity index (χ1n) is 11.2. The van der Waals surface area contributed by atoms with Crippen molar-refractivity contribution in [1.82, 2.24) is 15.5 Å². The lowest BCUT2D eigenvalue weighted by molar-refractivity contribution is 0.0724. The molecule has 3 rings (SSSR count). The van der Waals surface area contributed by atoms with Crippen LogP contribution in [-0.4, -0.2) is 56.7 Å². The summed E-state index contributed by atoms with van der Waals surface area (Å²) >= 11 is 0. The van der Waals surface area contributed by atoms with Gasteiger partial charge in [0.15, 0.2) is 5.96 Å². The van der Waals surface area contributed by atoms with Crippen molar-refractivity contribution in [2.45, 2.75) is 38.8 Å². The standard InChI is InChI=1S/C25H34N4O3.HI/c1-19(32-23-9-7-8-22(16-23)31-3)17-27-25(26-2)28-18-20-10-12-21(13-11-20)24(30)29-14-5-4-6-15-29;/h7-13,16,19H,4-6,14-15,17-18H2,1-3H3,(H2,26,27,28);1H. The lowest BCUT2D eigenvalue weighted by atomic mass is 10.1. The van der Waals surface area contributed by atoms with Crippen molar-refractivity contribution in [3.63, 3.8) is 0 Å².